The summed E-state index contributed by atoms with van der Waals surface area (Å²) in [6.45, 7) is 2.78. The topological polar surface area (TPSA) is 90.2 Å². The molecule has 0 amide bonds. The first-order valence-electron chi connectivity index (χ1n) is 5.07. The van der Waals surface area contributed by atoms with Gasteiger partial charge in [-0.3, -0.25) is 0 Å². The predicted molar refractivity (Wildman–Crippen MR) is 67.7 cm³/mol. The molecule has 1 aromatic carbocycles. The Balaban J connectivity index is 3.13. The molecule has 0 aliphatic carbocycles. The smallest absolute Gasteiger partial charge is 0.242 e. The van der Waals surface area contributed by atoms with Crippen LogP contribution < -0.4 is 4.72 Å². The first-order valence-corrected chi connectivity index (χ1v) is 6.93. The lowest BCUT2D eigenvalue weighted by atomic mass is 10.1. The molecule has 0 aliphatic rings. The van der Waals surface area contributed by atoms with Gasteiger partial charge in [0.25, 0.3) is 0 Å². The van der Waals surface area contributed by atoms with Crippen LogP contribution in [0.1, 0.15) is 19.4 Å². The number of nitrogens with one attached hydrogen (secondary N) is 1. The van der Waals surface area contributed by atoms with Gasteiger partial charge in [-0.1, -0.05) is 11.6 Å². The van der Waals surface area contributed by atoms with E-state index in [1.807, 2.05) is 0 Å². The third kappa shape index (κ3) is 3.96. The fraction of sp³-hybridized carbons (Fsp3) is 0.364. The summed E-state index contributed by atoms with van der Waals surface area (Å²) in [7, 11) is -3.88. The quantitative estimate of drug-likeness (QED) is 0.873. The largest absolute Gasteiger partial charge is 0.389 e. The Labute approximate surface area is 111 Å². The van der Waals surface area contributed by atoms with Gasteiger partial charge in [0.1, 0.15) is 11.0 Å². The molecule has 2 N–H and O–H groups in total. The van der Waals surface area contributed by atoms with E-state index in [9.17, 15) is 13.5 Å². The van der Waals surface area contributed by atoms with Crippen LogP contribution in [0.5, 0.6) is 0 Å². The Hall–Kier alpha value is -1.13. The molecule has 0 unspecified atom stereocenters. The maximum absolute atomic E-state index is 12.0. The van der Waals surface area contributed by atoms with E-state index >= 15 is 0 Å². The second kappa shape index (κ2) is 5.24. The number of nitriles is 1. The summed E-state index contributed by atoms with van der Waals surface area (Å²) in [5.74, 6) is 0. The van der Waals surface area contributed by atoms with Crippen molar-refractivity contribution in [3.63, 3.8) is 0 Å². The number of halogens is 1. The zero-order valence-electron chi connectivity index (χ0n) is 9.94. The summed E-state index contributed by atoms with van der Waals surface area (Å²) in [6, 6.07) is 5.76. The van der Waals surface area contributed by atoms with Crippen LogP contribution in [-0.2, 0) is 10.0 Å². The number of rotatable bonds is 4. The molecule has 5 nitrogen and oxygen atoms in total. The van der Waals surface area contributed by atoms with E-state index in [-0.39, 0.29) is 22.0 Å². The van der Waals surface area contributed by atoms with Crippen molar-refractivity contribution in [3.8, 4) is 6.07 Å². The molecule has 1 rings (SSSR count). The molecular weight excluding hydrogens is 276 g/mol. The highest BCUT2D eigenvalue weighted by Crippen LogP contribution is 2.20. The van der Waals surface area contributed by atoms with Gasteiger partial charge in [-0.25, -0.2) is 13.1 Å². The van der Waals surface area contributed by atoms with Gasteiger partial charge in [0.2, 0.25) is 10.0 Å². The summed E-state index contributed by atoms with van der Waals surface area (Å²) in [6.07, 6.45) is 0. The van der Waals surface area contributed by atoms with Gasteiger partial charge in [-0.05, 0) is 32.0 Å². The van der Waals surface area contributed by atoms with Crippen molar-refractivity contribution in [1.82, 2.24) is 4.72 Å². The Morgan fingerprint density at radius 2 is 2.11 bits per heavy atom. The fourth-order valence-electron chi connectivity index (χ4n) is 1.16. The molecule has 18 heavy (non-hydrogen) atoms. The number of sulfonamides is 1. The molecule has 0 heterocycles. The summed E-state index contributed by atoms with van der Waals surface area (Å²) in [5, 5.41) is 18.6. The summed E-state index contributed by atoms with van der Waals surface area (Å²) in [4.78, 5) is -0.193. The molecule has 7 heteroatoms. The molecule has 0 spiro atoms. The molecule has 98 valence electrons. The highest BCUT2D eigenvalue weighted by atomic mass is 35.5. The number of hydrogen-bond donors (Lipinski definition) is 2. The van der Waals surface area contributed by atoms with Crippen molar-refractivity contribution in [3.05, 3.63) is 28.8 Å². The molecule has 0 aromatic heterocycles. The summed E-state index contributed by atoms with van der Waals surface area (Å²) in [5.41, 5.74) is -1.18. The van der Waals surface area contributed by atoms with Crippen LogP contribution in [-0.4, -0.2) is 25.7 Å². The second-order valence-corrected chi connectivity index (χ2v) is 6.56. The SMILES string of the molecule is CC(C)(O)CNS(=O)(=O)c1cc(Cl)ccc1C#N. The Morgan fingerprint density at radius 3 is 2.61 bits per heavy atom. The fourth-order valence-corrected chi connectivity index (χ4v) is 2.78. The molecular formula is C11H13ClN2O3S. The summed E-state index contributed by atoms with van der Waals surface area (Å²) >= 11 is 5.72. The Kier molecular flexibility index (Phi) is 4.35. The standard InChI is InChI=1S/C11H13ClN2O3S/c1-11(2,15)7-14-18(16,17)10-5-9(12)4-3-8(10)6-13/h3-5,14-15H,7H2,1-2H3. The van der Waals surface area contributed by atoms with Crippen molar-refractivity contribution in [1.29, 1.82) is 5.26 Å². The van der Waals surface area contributed by atoms with E-state index in [4.69, 9.17) is 16.9 Å². The van der Waals surface area contributed by atoms with Crippen molar-refractivity contribution in [2.75, 3.05) is 6.54 Å². The molecule has 0 atom stereocenters. The monoisotopic (exact) mass is 288 g/mol. The first-order chi connectivity index (χ1) is 8.15. The lowest BCUT2D eigenvalue weighted by molar-refractivity contribution is 0.0857. The lowest BCUT2D eigenvalue weighted by Gasteiger charge is -2.18. The van der Waals surface area contributed by atoms with Crippen molar-refractivity contribution in [2.45, 2.75) is 24.3 Å². The number of aliphatic hydroxyl groups is 1. The number of nitrogens with zero attached hydrogens (tertiary/aromatic N) is 1. The van der Waals surface area contributed by atoms with Gasteiger partial charge in [0.15, 0.2) is 0 Å². The van der Waals surface area contributed by atoms with E-state index < -0.39 is 15.6 Å². The van der Waals surface area contributed by atoms with Crippen LogP contribution >= 0.6 is 11.6 Å². The van der Waals surface area contributed by atoms with Gasteiger partial charge < -0.3 is 5.11 Å². The van der Waals surface area contributed by atoms with Gasteiger partial charge in [0.05, 0.1) is 11.2 Å². The van der Waals surface area contributed by atoms with Gasteiger partial charge in [0, 0.05) is 11.6 Å². The lowest BCUT2D eigenvalue weighted by Crippen LogP contribution is -2.38. The van der Waals surface area contributed by atoms with Crippen LogP contribution in [0, 0.1) is 11.3 Å². The molecule has 0 bridgehead atoms. The van der Waals surface area contributed by atoms with Gasteiger partial charge in [-0.15, -0.1) is 0 Å². The van der Waals surface area contributed by atoms with Gasteiger partial charge >= 0.3 is 0 Å². The Bertz CT molecular complexity index is 585. The van der Waals surface area contributed by atoms with Gasteiger partial charge in [-0.2, -0.15) is 5.26 Å². The van der Waals surface area contributed by atoms with E-state index in [0.717, 1.165) is 0 Å². The zero-order chi connectivity index (χ0) is 14.0. The van der Waals surface area contributed by atoms with Crippen LogP contribution in [0.15, 0.2) is 23.1 Å². The first kappa shape index (κ1) is 14.9. The van der Waals surface area contributed by atoms with Crippen LogP contribution in [0.3, 0.4) is 0 Å². The van der Waals surface area contributed by atoms with Crippen molar-refractivity contribution < 1.29 is 13.5 Å². The van der Waals surface area contributed by atoms with E-state index in [2.05, 4.69) is 4.72 Å². The molecule has 0 aliphatic heterocycles. The van der Waals surface area contributed by atoms with E-state index in [1.54, 1.807) is 6.07 Å². The highest BCUT2D eigenvalue weighted by Gasteiger charge is 2.22. The average molecular weight is 289 g/mol. The molecule has 0 saturated carbocycles. The van der Waals surface area contributed by atoms with Crippen LogP contribution in [0.4, 0.5) is 0 Å². The minimum absolute atomic E-state index is 0.00245. The van der Waals surface area contributed by atoms with Crippen molar-refractivity contribution in [2.24, 2.45) is 0 Å². The average Bonchev–Trinajstić information content (AvgIpc) is 2.26. The minimum Gasteiger partial charge on any atom is -0.389 e. The normalized spacial score (nSPS) is 12.2. The molecule has 0 radical (unpaired) electrons. The summed E-state index contributed by atoms with van der Waals surface area (Å²) < 4.78 is 26.2. The number of benzene rings is 1. The highest BCUT2D eigenvalue weighted by molar-refractivity contribution is 7.89. The minimum atomic E-state index is -3.88. The molecule has 1 aromatic rings. The maximum atomic E-state index is 12.0. The van der Waals surface area contributed by atoms with Crippen LogP contribution in [0.2, 0.25) is 5.02 Å². The van der Waals surface area contributed by atoms with E-state index in [0.29, 0.717) is 0 Å². The van der Waals surface area contributed by atoms with Crippen LogP contribution in [0.25, 0.3) is 0 Å². The van der Waals surface area contributed by atoms with E-state index in [1.165, 1.54) is 32.0 Å². The Morgan fingerprint density at radius 1 is 1.50 bits per heavy atom. The zero-order valence-corrected chi connectivity index (χ0v) is 11.5. The second-order valence-electron chi connectivity index (χ2n) is 4.39. The third-order valence-electron chi connectivity index (χ3n) is 2.05. The third-order valence-corrected chi connectivity index (χ3v) is 3.72. The number of hydrogen-bond acceptors (Lipinski definition) is 4. The maximum Gasteiger partial charge on any atom is 0.242 e. The van der Waals surface area contributed by atoms with Crippen molar-refractivity contribution >= 4 is 21.6 Å². The predicted octanol–water partition coefficient (Wildman–Crippen LogP) is 1.26. The molecule has 0 saturated heterocycles. The molecule has 0 fully saturated rings.